The van der Waals surface area contributed by atoms with Gasteiger partial charge in [0.2, 0.25) is 5.12 Å². The highest BCUT2D eigenvalue weighted by Crippen LogP contribution is 2.25. The van der Waals surface area contributed by atoms with E-state index in [9.17, 15) is 4.79 Å². The highest BCUT2D eigenvalue weighted by atomic mass is 32.2. The van der Waals surface area contributed by atoms with Crippen LogP contribution < -0.4 is 0 Å². The van der Waals surface area contributed by atoms with Crippen LogP contribution in [0.2, 0.25) is 0 Å². The molecule has 2 rings (SSSR count). The van der Waals surface area contributed by atoms with E-state index in [4.69, 9.17) is 0 Å². The molecular weight excluding hydrogens is 224 g/mol. The summed E-state index contributed by atoms with van der Waals surface area (Å²) in [7, 11) is 0. The largest absolute Gasteiger partial charge is 0.280 e. The van der Waals surface area contributed by atoms with Gasteiger partial charge in [-0.3, -0.25) is 4.79 Å². The lowest BCUT2D eigenvalue weighted by molar-refractivity contribution is 0.109. The molecule has 3 heteroatoms. The number of thioether (sulfide) groups is 1. The van der Waals surface area contributed by atoms with E-state index in [1.54, 1.807) is 0 Å². The van der Waals surface area contributed by atoms with E-state index in [0.29, 0.717) is 0 Å². The normalized spacial score (nSPS) is 10.2. The third-order valence-corrected chi connectivity index (χ3v) is 3.86. The Hall–Kier alpha value is -1.06. The Morgan fingerprint density at radius 1 is 1.20 bits per heavy atom. The van der Waals surface area contributed by atoms with Gasteiger partial charge in [-0.25, -0.2) is 0 Å². The molecule has 15 heavy (non-hydrogen) atoms. The lowest BCUT2D eigenvalue weighted by Crippen LogP contribution is -1.88. The fourth-order valence-electron chi connectivity index (χ4n) is 1.16. The van der Waals surface area contributed by atoms with E-state index in [1.165, 1.54) is 28.7 Å². The maximum atomic E-state index is 11.7. The van der Waals surface area contributed by atoms with Crippen LogP contribution in [0, 0.1) is 6.92 Å². The Labute approximate surface area is 97.1 Å². The second-order valence-corrected chi connectivity index (χ2v) is 5.17. The predicted octanol–water partition coefficient (Wildman–Crippen LogP) is 3.99. The summed E-state index contributed by atoms with van der Waals surface area (Å²) in [4.78, 5) is 13.5. The van der Waals surface area contributed by atoms with E-state index in [2.05, 4.69) is 0 Å². The first-order valence-electron chi connectivity index (χ1n) is 4.58. The number of rotatable bonds is 2. The number of carbonyl (C=O) groups is 1. The molecule has 0 spiro atoms. The SMILES string of the molecule is Cc1ccc(SC(=O)c2cccs2)cc1. The minimum Gasteiger partial charge on any atom is -0.280 e. The van der Waals surface area contributed by atoms with Gasteiger partial charge in [-0.2, -0.15) is 0 Å². The Morgan fingerprint density at radius 2 is 1.93 bits per heavy atom. The van der Waals surface area contributed by atoms with Gasteiger partial charge in [-0.1, -0.05) is 23.8 Å². The number of hydrogen-bond donors (Lipinski definition) is 0. The molecular formula is C12H10OS2. The van der Waals surface area contributed by atoms with Crippen LogP contribution in [-0.2, 0) is 0 Å². The van der Waals surface area contributed by atoms with Crippen molar-refractivity contribution < 1.29 is 4.79 Å². The van der Waals surface area contributed by atoms with Gasteiger partial charge in [0, 0.05) is 4.90 Å². The first kappa shape index (κ1) is 10.5. The number of carbonyl (C=O) groups excluding carboxylic acids is 1. The molecule has 0 unspecified atom stereocenters. The van der Waals surface area contributed by atoms with Gasteiger partial charge in [-0.15, -0.1) is 11.3 Å². The Balaban J connectivity index is 2.09. The average Bonchev–Trinajstić information content (AvgIpc) is 2.74. The van der Waals surface area contributed by atoms with E-state index < -0.39 is 0 Å². The van der Waals surface area contributed by atoms with Gasteiger partial charge in [0.25, 0.3) is 0 Å². The molecule has 0 saturated carbocycles. The summed E-state index contributed by atoms with van der Waals surface area (Å²) in [6.45, 7) is 2.04. The van der Waals surface area contributed by atoms with Crippen molar-refractivity contribution in [2.45, 2.75) is 11.8 Å². The molecule has 2 aromatic rings. The van der Waals surface area contributed by atoms with Gasteiger partial charge >= 0.3 is 0 Å². The van der Waals surface area contributed by atoms with Gasteiger partial charge in [0.1, 0.15) is 0 Å². The predicted molar refractivity (Wildman–Crippen MR) is 65.7 cm³/mol. The Kier molecular flexibility index (Phi) is 3.23. The molecule has 0 aliphatic rings. The standard InChI is InChI=1S/C12H10OS2/c1-9-4-6-10(7-5-9)15-12(13)11-3-2-8-14-11/h2-8H,1H3. The maximum Gasteiger partial charge on any atom is 0.234 e. The van der Waals surface area contributed by atoms with E-state index in [1.807, 2.05) is 48.7 Å². The molecule has 76 valence electrons. The smallest absolute Gasteiger partial charge is 0.234 e. The quantitative estimate of drug-likeness (QED) is 0.731. The van der Waals surface area contributed by atoms with Crippen molar-refractivity contribution in [2.24, 2.45) is 0 Å². The minimum absolute atomic E-state index is 0.119. The molecule has 1 nitrogen and oxygen atoms in total. The van der Waals surface area contributed by atoms with Crippen LogP contribution >= 0.6 is 23.1 Å². The zero-order valence-corrected chi connectivity index (χ0v) is 9.90. The number of aryl methyl sites for hydroxylation is 1. The lowest BCUT2D eigenvalue weighted by atomic mass is 10.2. The van der Waals surface area contributed by atoms with Crippen LogP contribution in [0.5, 0.6) is 0 Å². The Bertz CT molecular complexity index is 443. The Morgan fingerprint density at radius 3 is 2.53 bits per heavy atom. The van der Waals surface area contributed by atoms with Crippen molar-refractivity contribution in [1.29, 1.82) is 0 Å². The number of hydrogen-bond acceptors (Lipinski definition) is 3. The molecule has 1 heterocycles. The summed E-state index contributed by atoms with van der Waals surface area (Å²) in [6, 6.07) is 11.7. The van der Waals surface area contributed by atoms with Crippen LogP contribution in [0.15, 0.2) is 46.7 Å². The molecule has 1 aromatic carbocycles. The molecule has 0 aliphatic heterocycles. The third-order valence-electron chi connectivity index (χ3n) is 1.95. The second-order valence-electron chi connectivity index (χ2n) is 3.18. The summed E-state index contributed by atoms with van der Waals surface area (Å²) in [5.41, 5.74) is 1.21. The monoisotopic (exact) mass is 234 g/mol. The van der Waals surface area contributed by atoms with Gasteiger partial charge in [0.15, 0.2) is 0 Å². The zero-order valence-electron chi connectivity index (χ0n) is 8.27. The molecule has 0 amide bonds. The van der Waals surface area contributed by atoms with Crippen LogP contribution in [0.25, 0.3) is 0 Å². The summed E-state index contributed by atoms with van der Waals surface area (Å²) in [6.07, 6.45) is 0. The van der Waals surface area contributed by atoms with Gasteiger partial charge < -0.3 is 0 Å². The topological polar surface area (TPSA) is 17.1 Å². The molecule has 1 aromatic heterocycles. The highest BCUT2D eigenvalue weighted by Gasteiger charge is 2.08. The second kappa shape index (κ2) is 4.64. The van der Waals surface area contributed by atoms with Crippen LogP contribution in [0.4, 0.5) is 0 Å². The van der Waals surface area contributed by atoms with Crippen molar-refractivity contribution >= 4 is 28.2 Å². The minimum atomic E-state index is 0.119. The zero-order chi connectivity index (χ0) is 10.7. The van der Waals surface area contributed by atoms with Crippen molar-refractivity contribution in [3.63, 3.8) is 0 Å². The average molecular weight is 234 g/mol. The maximum absolute atomic E-state index is 11.7. The van der Waals surface area contributed by atoms with Crippen LogP contribution in [0.1, 0.15) is 15.2 Å². The summed E-state index contributed by atoms with van der Waals surface area (Å²) < 4.78 is 0. The van der Waals surface area contributed by atoms with Crippen LogP contribution in [-0.4, -0.2) is 5.12 Å². The molecule has 0 saturated heterocycles. The van der Waals surface area contributed by atoms with Crippen molar-refractivity contribution in [1.82, 2.24) is 0 Å². The number of thiophene rings is 1. The lowest BCUT2D eigenvalue weighted by Gasteiger charge is -1.98. The van der Waals surface area contributed by atoms with E-state index in [-0.39, 0.29) is 5.12 Å². The number of benzene rings is 1. The van der Waals surface area contributed by atoms with E-state index in [0.717, 1.165) is 9.77 Å². The summed E-state index contributed by atoms with van der Waals surface area (Å²) in [5.74, 6) is 0. The molecule has 0 N–H and O–H groups in total. The highest BCUT2D eigenvalue weighted by molar-refractivity contribution is 8.14. The van der Waals surface area contributed by atoms with Crippen LogP contribution in [0.3, 0.4) is 0 Å². The summed E-state index contributed by atoms with van der Waals surface area (Å²) in [5, 5.41) is 2.04. The van der Waals surface area contributed by atoms with Crippen molar-refractivity contribution in [3.05, 3.63) is 52.2 Å². The molecule has 0 aliphatic carbocycles. The van der Waals surface area contributed by atoms with Gasteiger partial charge in [-0.05, 0) is 42.3 Å². The third kappa shape index (κ3) is 2.70. The first-order valence-corrected chi connectivity index (χ1v) is 6.28. The fourth-order valence-corrected chi connectivity index (χ4v) is 2.64. The first-order chi connectivity index (χ1) is 7.25. The fraction of sp³-hybridized carbons (Fsp3) is 0.0833. The molecule has 0 radical (unpaired) electrons. The molecule has 0 atom stereocenters. The van der Waals surface area contributed by atoms with Crippen molar-refractivity contribution in [3.8, 4) is 0 Å². The van der Waals surface area contributed by atoms with Crippen molar-refractivity contribution in [2.75, 3.05) is 0 Å². The van der Waals surface area contributed by atoms with E-state index >= 15 is 0 Å². The molecule has 0 bridgehead atoms. The summed E-state index contributed by atoms with van der Waals surface area (Å²) >= 11 is 2.76. The molecule has 0 fully saturated rings. The van der Waals surface area contributed by atoms with Gasteiger partial charge in [0.05, 0.1) is 4.88 Å².